The van der Waals surface area contributed by atoms with E-state index in [9.17, 15) is 13.2 Å². The van der Waals surface area contributed by atoms with Crippen molar-refractivity contribution >= 4 is 27.1 Å². The monoisotopic (exact) mass is 385 g/mol. The summed E-state index contributed by atoms with van der Waals surface area (Å²) in [5.74, 6) is 0.722. The molecule has 0 aromatic carbocycles. The molecule has 2 aromatic rings. The highest BCUT2D eigenvalue weighted by Crippen LogP contribution is 2.20. The molecule has 0 unspecified atom stereocenters. The Morgan fingerprint density at radius 2 is 2.20 bits per heavy atom. The number of hydrogen-bond donors (Lipinski definition) is 1. The van der Waals surface area contributed by atoms with Crippen LogP contribution in [0.25, 0.3) is 0 Å². The van der Waals surface area contributed by atoms with Gasteiger partial charge in [-0.3, -0.25) is 4.79 Å². The Balaban J connectivity index is 1.97. The zero-order valence-corrected chi connectivity index (χ0v) is 16.2. The van der Waals surface area contributed by atoms with Gasteiger partial charge in [-0.25, -0.2) is 18.1 Å². The summed E-state index contributed by atoms with van der Waals surface area (Å²) >= 11 is 1.39. The standard InChI is InChI=1S/C16H23N3O4S2/c1-4-23-12(2)16-17-9-10-19(16)11-14(20)15-6-5-13(24-15)7-8-18-25(3,21)22/h5-6,9-10,12,18H,4,7-8,11H2,1-3H3/t12-/m0/s1. The fourth-order valence-electron chi connectivity index (χ4n) is 2.39. The van der Waals surface area contributed by atoms with Gasteiger partial charge in [-0.15, -0.1) is 11.3 Å². The largest absolute Gasteiger partial charge is 0.371 e. The smallest absolute Gasteiger partial charge is 0.208 e. The van der Waals surface area contributed by atoms with Crippen LogP contribution >= 0.6 is 11.3 Å². The Morgan fingerprint density at radius 1 is 1.44 bits per heavy atom. The molecule has 2 heterocycles. The molecule has 0 saturated carbocycles. The molecule has 1 atom stereocenters. The Labute approximate surface area is 152 Å². The molecule has 25 heavy (non-hydrogen) atoms. The summed E-state index contributed by atoms with van der Waals surface area (Å²) in [6, 6.07) is 3.64. The van der Waals surface area contributed by atoms with Crippen molar-refractivity contribution in [3.63, 3.8) is 0 Å². The van der Waals surface area contributed by atoms with Gasteiger partial charge in [0, 0.05) is 30.4 Å². The summed E-state index contributed by atoms with van der Waals surface area (Å²) in [5, 5.41) is 0. The van der Waals surface area contributed by atoms with Gasteiger partial charge in [0.05, 0.1) is 17.7 Å². The average molecular weight is 386 g/mol. The predicted octanol–water partition coefficient (Wildman–Crippen LogP) is 2.02. The summed E-state index contributed by atoms with van der Waals surface area (Å²) in [6.07, 6.45) is 4.95. The summed E-state index contributed by atoms with van der Waals surface area (Å²) in [6.45, 7) is 4.93. The van der Waals surface area contributed by atoms with E-state index in [0.717, 1.165) is 17.0 Å². The number of thiophene rings is 1. The lowest BCUT2D eigenvalue weighted by Crippen LogP contribution is -2.24. The van der Waals surface area contributed by atoms with Gasteiger partial charge in [-0.05, 0) is 32.4 Å². The lowest BCUT2D eigenvalue weighted by molar-refractivity contribution is 0.0669. The molecule has 0 aliphatic rings. The zero-order chi connectivity index (χ0) is 18.4. The normalized spacial score (nSPS) is 13.1. The molecule has 138 valence electrons. The quantitative estimate of drug-likeness (QED) is 0.632. The number of aromatic nitrogens is 2. The molecule has 0 saturated heterocycles. The maximum atomic E-state index is 12.5. The Kier molecular flexibility index (Phi) is 6.88. The highest BCUT2D eigenvalue weighted by Gasteiger charge is 2.16. The molecule has 2 aromatic heterocycles. The van der Waals surface area contributed by atoms with Crippen LogP contribution in [0.15, 0.2) is 24.5 Å². The van der Waals surface area contributed by atoms with Crippen LogP contribution in [0.2, 0.25) is 0 Å². The minimum atomic E-state index is -3.19. The Morgan fingerprint density at radius 3 is 2.88 bits per heavy atom. The molecular formula is C16H23N3O4S2. The van der Waals surface area contributed by atoms with Gasteiger partial charge in [-0.1, -0.05) is 0 Å². The van der Waals surface area contributed by atoms with Gasteiger partial charge >= 0.3 is 0 Å². The van der Waals surface area contributed by atoms with Crippen molar-refractivity contribution in [2.24, 2.45) is 0 Å². The van der Waals surface area contributed by atoms with E-state index >= 15 is 0 Å². The third-order valence-electron chi connectivity index (χ3n) is 3.51. The summed E-state index contributed by atoms with van der Waals surface area (Å²) in [4.78, 5) is 18.4. The average Bonchev–Trinajstić information content (AvgIpc) is 3.15. The SMILES string of the molecule is CCO[C@@H](C)c1nccn1CC(=O)c1ccc(CCNS(C)(=O)=O)s1. The highest BCUT2D eigenvalue weighted by molar-refractivity contribution is 7.88. The van der Waals surface area contributed by atoms with E-state index in [1.54, 1.807) is 23.0 Å². The zero-order valence-electron chi connectivity index (χ0n) is 14.6. The van der Waals surface area contributed by atoms with Crippen molar-refractivity contribution < 1.29 is 17.9 Å². The molecule has 7 nitrogen and oxygen atoms in total. The molecule has 9 heteroatoms. The van der Waals surface area contributed by atoms with Crippen LogP contribution < -0.4 is 4.72 Å². The number of rotatable bonds is 10. The molecule has 0 bridgehead atoms. The summed E-state index contributed by atoms with van der Waals surface area (Å²) in [5.41, 5.74) is 0. The first-order valence-electron chi connectivity index (χ1n) is 7.99. The molecule has 0 aliphatic carbocycles. The first-order chi connectivity index (χ1) is 11.8. The molecule has 2 rings (SSSR count). The number of Topliss-reactive ketones (excluding diaryl/α,β-unsaturated/α-hetero) is 1. The van der Waals surface area contributed by atoms with Crippen LogP contribution in [0.5, 0.6) is 0 Å². The second-order valence-corrected chi connectivity index (χ2v) is 8.62. The van der Waals surface area contributed by atoms with E-state index < -0.39 is 10.0 Å². The van der Waals surface area contributed by atoms with E-state index in [2.05, 4.69) is 9.71 Å². The molecule has 0 radical (unpaired) electrons. The van der Waals surface area contributed by atoms with Gasteiger partial charge in [0.15, 0.2) is 5.78 Å². The number of ketones is 1. The van der Waals surface area contributed by atoms with Crippen molar-refractivity contribution in [1.29, 1.82) is 0 Å². The van der Waals surface area contributed by atoms with Crippen molar-refractivity contribution in [2.75, 3.05) is 19.4 Å². The van der Waals surface area contributed by atoms with Crippen LogP contribution in [0.3, 0.4) is 0 Å². The maximum Gasteiger partial charge on any atom is 0.208 e. The third kappa shape index (κ3) is 6.03. The number of carbonyl (C=O) groups excluding carboxylic acids is 1. The van der Waals surface area contributed by atoms with E-state index in [-0.39, 0.29) is 18.4 Å². The second-order valence-electron chi connectivity index (χ2n) is 5.62. The molecule has 0 amide bonds. The minimum absolute atomic E-state index is 0.00438. The molecule has 0 spiro atoms. The Hall–Kier alpha value is -1.55. The fraction of sp³-hybridized carbons (Fsp3) is 0.500. The molecule has 1 N–H and O–H groups in total. The topological polar surface area (TPSA) is 90.3 Å². The van der Waals surface area contributed by atoms with E-state index in [4.69, 9.17) is 4.74 Å². The number of nitrogens with one attached hydrogen (secondary N) is 1. The van der Waals surface area contributed by atoms with Crippen LogP contribution in [-0.4, -0.2) is 43.2 Å². The number of ether oxygens (including phenoxy) is 1. The first-order valence-corrected chi connectivity index (χ1v) is 10.7. The van der Waals surface area contributed by atoms with Gasteiger partial charge in [0.2, 0.25) is 10.0 Å². The van der Waals surface area contributed by atoms with Crippen LogP contribution in [0.1, 0.15) is 40.3 Å². The lowest BCUT2D eigenvalue weighted by Gasteiger charge is -2.13. The summed E-state index contributed by atoms with van der Waals surface area (Å²) in [7, 11) is -3.19. The number of nitrogens with zero attached hydrogens (tertiary/aromatic N) is 2. The van der Waals surface area contributed by atoms with Crippen molar-refractivity contribution in [3.8, 4) is 0 Å². The van der Waals surface area contributed by atoms with E-state index in [0.29, 0.717) is 24.4 Å². The second kappa shape index (κ2) is 8.70. The fourth-order valence-corrected chi connectivity index (χ4v) is 3.80. The maximum absolute atomic E-state index is 12.5. The summed E-state index contributed by atoms with van der Waals surface area (Å²) < 4.78 is 31.9. The van der Waals surface area contributed by atoms with E-state index in [1.807, 2.05) is 19.9 Å². The first kappa shape index (κ1) is 19.8. The molecular weight excluding hydrogens is 362 g/mol. The highest BCUT2D eigenvalue weighted by atomic mass is 32.2. The van der Waals surface area contributed by atoms with Gasteiger partial charge < -0.3 is 9.30 Å². The van der Waals surface area contributed by atoms with Crippen LogP contribution in [0, 0.1) is 0 Å². The Bertz CT molecular complexity index is 811. The van der Waals surface area contributed by atoms with Crippen molar-refractivity contribution in [3.05, 3.63) is 40.1 Å². The van der Waals surface area contributed by atoms with Crippen LogP contribution in [0.4, 0.5) is 0 Å². The van der Waals surface area contributed by atoms with Gasteiger partial charge in [-0.2, -0.15) is 0 Å². The van der Waals surface area contributed by atoms with Crippen LogP contribution in [-0.2, 0) is 27.7 Å². The van der Waals surface area contributed by atoms with E-state index in [1.165, 1.54) is 11.3 Å². The minimum Gasteiger partial charge on any atom is -0.371 e. The van der Waals surface area contributed by atoms with Crippen molar-refractivity contribution in [2.45, 2.75) is 32.9 Å². The predicted molar refractivity (Wildman–Crippen MR) is 97.5 cm³/mol. The van der Waals surface area contributed by atoms with Gasteiger partial charge in [0.1, 0.15) is 11.9 Å². The van der Waals surface area contributed by atoms with Crippen molar-refractivity contribution in [1.82, 2.24) is 14.3 Å². The number of imidazole rings is 1. The molecule has 0 aliphatic heterocycles. The lowest BCUT2D eigenvalue weighted by atomic mass is 10.3. The third-order valence-corrected chi connectivity index (χ3v) is 5.43. The van der Waals surface area contributed by atoms with Gasteiger partial charge in [0.25, 0.3) is 0 Å². The molecule has 0 fully saturated rings. The number of hydrogen-bond acceptors (Lipinski definition) is 6. The number of sulfonamides is 1. The number of carbonyl (C=O) groups is 1.